The normalized spacial score (nSPS) is 10.7. The second-order valence-electron chi connectivity index (χ2n) is 5.42. The molecule has 0 unspecified atom stereocenters. The number of aromatic nitrogens is 2. The number of benzene rings is 1. The lowest BCUT2D eigenvalue weighted by atomic mass is 10.2. The number of carbonyl (C=O) groups excluding carboxylic acids is 1. The smallest absolute Gasteiger partial charge is 0.335 e. The zero-order valence-corrected chi connectivity index (χ0v) is 13.2. The van der Waals surface area contributed by atoms with Gasteiger partial charge in [0.05, 0.1) is 11.3 Å². The minimum Gasteiger partial charge on any atom is -0.478 e. The zero-order chi connectivity index (χ0) is 17.1. The highest BCUT2D eigenvalue weighted by Gasteiger charge is 2.18. The number of hydrogen-bond donors (Lipinski definition) is 2. The molecule has 0 aliphatic rings. The van der Waals surface area contributed by atoms with Gasteiger partial charge in [0, 0.05) is 11.9 Å². The lowest BCUT2D eigenvalue weighted by Gasteiger charge is -2.07. The summed E-state index contributed by atoms with van der Waals surface area (Å²) in [6, 6.07) is 11.7. The second kappa shape index (κ2) is 6.54. The first-order valence-electron chi connectivity index (χ1n) is 7.71. The van der Waals surface area contributed by atoms with Crippen molar-refractivity contribution < 1.29 is 14.7 Å². The summed E-state index contributed by atoms with van der Waals surface area (Å²) in [5, 5.41) is 11.7. The first-order valence-corrected chi connectivity index (χ1v) is 7.71. The maximum absolute atomic E-state index is 12.7. The molecule has 0 fully saturated rings. The topological polar surface area (TPSA) is 83.7 Å². The van der Waals surface area contributed by atoms with E-state index < -0.39 is 5.97 Å². The fourth-order valence-corrected chi connectivity index (χ4v) is 2.58. The third-order valence-corrected chi connectivity index (χ3v) is 3.69. The number of carboxylic acid groups (broad SMARTS) is 1. The van der Waals surface area contributed by atoms with Crippen LogP contribution in [-0.2, 0) is 6.42 Å². The van der Waals surface area contributed by atoms with Gasteiger partial charge in [0.2, 0.25) is 0 Å². The van der Waals surface area contributed by atoms with Crippen LogP contribution in [0.15, 0.2) is 48.7 Å². The molecule has 2 aromatic heterocycles. The summed E-state index contributed by atoms with van der Waals surface area (Å²) < 4.78 is 1.77. The summed E-state index contributed by atoms with van der Waals surface area (Å²) in [7, 11) is 0. The molecule has 1 aromatic carbocycles. The highest BCUT2D eigenvalue weighted by Crippen LogP contribution is 2.17. The molecule has 0 bridgehead atoms. The first kappa shape index (κ1) is 15.7. The number of anilines is 1. The quantitative estimate of drug-likeness (QED) is 0.755. The largest absolute Gasteiger partial charge is 0.478 e. The van der Waals surface area contributed by atoms with Gasteiger partial charge in [-0.15, -0.1) is 0 Å². The summed E-state index contributed by atoms with van der Waals surface area (Å²) in [6.07, 6.45) is 3.41. The number of rotatable bonds is 5. The molecule has 6 nitrogen and oxygen atoms in total. The van der Waals surface area contributed by atoms with E-state index >= 15 is 0 Å². The van der Waals surface area contributed by atoms with Crippen molar-refractivity contribution in [3.63, 3.8) is 0 Å². The van der Waals surface area contributed by atoms with E-state index in [0.717, 1.165) is 17.8 Å². The van der Waals surface area contributed by atoms with Crippen LogP contribution < -0.4 is 5.32 Å². The molecule has 0 aliphatic heterocycles. The van der Waals surface area contributed by atoms with Crippen LogP contribution >= 0.6 is 0 Å². The number of aryl methyl sites for hydroxylation is 1. The Morgan fingerprint density at radius 3 is 2.58 bits per heavy atom. The molecule has 3 rings (SSSR count). The van der Waals surface area contributed by atoms with Gasteiger partial charge >= 0.3 is 5.97 Å². The fraction of sp³-hybridized carbons (Fsp3) is 0.167. The van der Waals surface area contributed by atoms with Gasteiger partial charge in [-0.2, -0.15) is 0 Å². The number of amides is 1. The molecular formula is C18H17N3O3. The summed E-state index contributed by atoms with van der Waals surface area (Å²) in [4.78, 5) is 28.1. The van der Waals surface area contributed by atoms with Crippen LogP contribution in [0, 0.1) is 0 Å². The lowest BCUT2D eigenvalue weighted by Crippen LogP contribution is -2.16. The molecule has 3 aromatic rings. The van der Waals surface area contributed by atoms with Gasteiger partial charge in [0.25, 0.3) is 5.91 Å². The van der Waals surface area contributed by atoms with Crippen molar-refractivity contribution in [1.29, 1.82) is 0 Å². The summed E-state index contributed by atoms with van der Waals surface area (Å²) >= 11 is 0. The molecule has 1 amide bonds. The van der Waals surface area contributed by atoms with Gasteiger partial charge in [0.1, 0.15) is 11.3 Å². The van der Waals surface area contributed by atoms with Gasteiger partial charge in [-0.3, -0.25) is 9.20 Å². The Morgan fingerprint density at radius 1 is 1.17 bits per heavy atom. The Hall–Kier alpha value is -3.15. The van der Waals surface area contributed by atoms with Crippen LogP contribution in [0.3, 0.4) is 0 Å². The van der Waals surface area contributed by atoms with E-state index in [2.05, 4.69) is 10.3 Å². The van der Waals surface area contributed by atoms with E-state index in [1.807, 2.05) is 31.3 Å². The van der Waals surface area contributed by atoms with E-state index in [-0.39, 0.29) is 11.5 Å². The molecule has 0 atom stereocenters. The molecule has 122 valence electrons. The maximum atomic E-state index is 12.7. The first-order chi connectivity index (χ1) is 11.6. The Morgan fingerprint density at radius 2 is 1.92 bits per heavy atom. The van der Waals surface area contributed by atoms with Crippen LogP contribution in [0.25, 0.3) is 5.65 Å². The standard InChI is InChI=1S/C18H17N3O3/c1-2-5-14-16(21-11-4-3-6-15(21)20-14)17(22)19-13-9-7-12(8-10-13)18(23)24/h3-4,6-11H,2,5H2,1H3,(H,19,22)(H,23,24). The van der Waals surface area contributed by atoms with Crippen molar-refractivity contribution >= 4 is 23.2 Å². The van der Waals surface area contributed by atoms with Crippen molar-refractivity contribution in [1.82, 2.24) is 9.38 Å². The third kappa shape index (κ3) is 2.99. The highest BCUT2D eigenvalue weighted by molar-refractivity contribution is 6.04. The van der Waals surface area contributed by atoms with E-state index in [0.29, 0.717) is 17.8 Å². The van der Waals surface area contributed by atoms with Crippen molar-refractivity contribution in [3.8, 4) is 0 Å². The number of carboxylic acids is 1. The molecule has 2 N–H and O–H groups in total. The van der Waals surface area contributed by atoms with E-state index in [9.17, 15) is 9.59 Å². The molecule has 0 saturated heterocycles. The van der Waals surface area contributed by atoms with Crippen LogP contribution in [0.2, 0.25) is 0 Å². The molecule has 6 heteroatoms. The van der Waals surface area contributed by atoms with E-state index in [1.165, 1.54) is 12.1 Å². The third-order valence-electron chi connectivity index (χ3n) is 3.69. The van der Waals surface area contributed by atoms with E-state index in [4.69, 9.17) is 5.11 Å². The van der Waals surface area contributed by atoms with Crippen LogP contribution in [0.1, 0.15) is 39.9 Å². The Kier molecular flexibility index (Phi) is 4.29. The van der Waals surface area contributed by atoms with Crippen molar-refractivity contribution in [2.24, 2.45) is 0 Å². The molecule has 0 radical (unpaired) electrons. The van der Waals surface area contributed by atoms with Gasteiger partial charge in [-0.05, 0) is 42.8 Å². The number of nitrogens with one attached hydrogen (secondary N) is 1. The Labute approximate surface area is 138 Å². The summed E-state index contributed by atoms with van der Waals surface area (Å²) in [5.74, 6) is -1.26. The molecule has 24 heavy (non-hydrogen) atoms. The van der Waals surface area contributed by atoms with Crippen molar-refractivity contribution in [3.05, 3.63) is 65.6 Å². The number of pyridine rings is 1. The summed E-state index contributed by atoms with van der Waals surface area (Å²) in [5.41, 5.74) is 2.71. The Bertz CT molecular complexity index is 898. The number of imidazole rings is 1. The van der Waals surface area contributed by atoms with E-state index in [1.54, 1.807) is 16.5 Å². The molecule has 0 aliphatic carbocycles. The fourth-order valence-electron chi connectivity index (χ4n) is 2.58. The predicted molar refractivity (Wildman–Crippen MR) is 90.5 cm³/mol. The average molecular weight is 323 g/mol. The monoisotopic (exact) mass is 323 g/mol. The van der Waals surface area contributed by atoms with Gasteiger partial charge in [0.15, 0.2) is 0 Å². The Balaban J connectivity index is 1.93. The predicted octanol–water partition coefficient (Wildman–Crippen LogP) is 3.24. The SMILES string of the molecule is CCCc1nc2ccccn2c1C(=O)Nc1ccc(C(=O)O)cc1. The zero-order valence-electron chi connectivity index (χ0n) is 13.2. The van der Waals surface area contributed by atoms with Gasteiger partial charge in [-0.25, -0.2) is 9.78 Å². The number of nitrogens with zero attached hydrogens (tertiary/aromatic N) is 2. The minimum absolute atomic E-state index is 0.175. The minimum atomic E-state index is -1.00. The van der Waals surface area contributed by atoms with Crippen LogP contribution in [-0.4, -0.2) is 26.4 Å². The molecular weight excluding hydrogens is 306 g/mol. The van der Waals surface area contributed by atoms with Gasteiger partial charge in [-0.1, -0.05) is 19.4 Å². The number of hydrogen-bond acceptors (Lipinski definition) is 3. The molecule has 0 spiro atoms. The van der Waals surface area contributed by atoms with Crippen molar-refractivity contribution in [2.45, 2.75) is 19.8 Å². The highest BCUT2D eigenvalue weighted by atomic mass is 16.4. The van der Waals surface area contributed by atoms with Gasteiger partial charge < -0.3 is 10.4 Å². The van der Waals surface area contributed by atoms with Crippen LogP contribution in [0.5, 0.6) is 0 Å². The average Bonchev–Trinajstić information content (AvgIpc) is 2.93. The second-order valence-corrected chi connectivity index (χ2v) is 5.42. The molecule has 0 saturated carbocycles. The van der Waals surface area contributed by atoms with Crippen molar-refractivity contribution in [2.75, 3.05) is 5.32 Å². The number of fused-ring (bicyclic) bond motifs is 1. The number of aromatic carboxylic acids is 1. The number of carbonyl (C=O) groups is 2. The molecule has 2 heterocycles. The summed E-state index contributed by atoms with van der Waals surface area (Å²) in [6.45, 7) is 2.04. The van der Waals surface area contributed by atoms with Crippen LogP contribution in [0.4, 0.5) is 5.69 Å². The maximum Gasteiger partial charge on any atom is 0.335 e. The lowest BCUT2D eigenvalue weighted by molar-refractivity contribution is 0.0696.